The van der Waals surface area contributed by atoms with E-state index in [2.05, 4.69) is 31.6 Å². The van der Waals surface area contributed by atoms with E-state index >= 15 is 0 Å². The van der Waals surface area contributed by atoms with Gasteiger partial charge in [0, 0.05) is 17.2 Å². The molecule has 1 aromatic rings. The van der Waals surface area contributed by atoms with Crippen LogP contribution in [0.4, 0.5) is 0 Å². The molecule has 2 atom stereocenters. The Morgan fingerprint density at radius 3 is 2.55 bits per heavy atom. The monoisotopic (exact) mass is 171 g/mol. The van der Waals surface area contributed by atoms with E-state index in [1.807, 2.05) is 13.0 Å². The Bertz CT molecular complexity index is 232. The smallest absolute Gasteiger partial charge is 0.133 e. The first-order valence-corrected chi connectivity index (χ1v) is 4.24. The molecule has 0 aromatic carbocycles. The molecule has 0 saturated heterocycles. The third kappa shape index (κ3) is 1.99. The second kappa shape index (κ2) is 3.30. The Morgan fingerprint density at radius 2 is 2.18 bits per heavy atom. The molecular weight excluding hydrogens is 158 g/mol. The average Bonchev–Trinajstić information content (AvgIpc) is 2.34. The summed E-state index contributed by atoms with van der Waals surface area (Å²) in [6.45, 7) is 6.04. The van der Waals surface area contributed by atoms with E-state index in [9.17, 15) is 0 Å². The van der Waals surface area contributed by atoms with Gasteiger partial charge in [-0.05, 0) is 6.92 Å². The van der Waals surface area contributed by atoms with Crippen molar-refractivity contribution in [3.8, 4) is 0 Å². The normalized spacial score (nSPS) is 16.4. The highest BCUT2D eigenvalue weighted by Crippen LogP contribution is 2.21. The molecule has 0 aliphatic rings. The van der Waals surface area contributed by atoms with Gasteiger partial charge >= 0.3 is 0 Å². The lowest BCUT2D eigenvalue weighted by Gasteiger charge is -2.09. The van der Waals surface area contributed by atoms with Crippen molar-refractivity contribution in [1.29, 1.82) is 0 Å². The fraction of sp³-hybridized carbons (Fsp3) is 0.625. The van der Waals surface area contributed by atoms with Crippen molar-refractivity contribution < 1.29 is 4.52 Å². The minimum atomic E-state index is 0.319. The zero-order chi connectivity index (χ0) is 8.43. The molecule has 0 aliphatic heterocycles. The van der Waals surface area contributed by atoms with Crippen LogP contribution in [0.15, 0.2) is 10.6 Å². The minimum absolute atomic E-state index is 0.319. The maximum absolute atomic E-state index is 4.95. The summed E-state index contributed by atoms with van der Waals surface area (Å²) in [7, 11) is 0. The van der Waals surface area contributed by atoms with Crippen LogP contribution in [-0.4, -0.2) is 10.4 Å². The van der Waals surface area contributed by atoms with Crippen LogP contribution in [0.3, 0.4) is 0 Å². The molecule has 0 spiro atoms. The van der Waals surface area contributed by atoms with Gasteiger partial charge in [0.15, 0.2) is 0 Å². The number of nitrogens with zero attached hydrogens (tertiary/aromatic N) is 1. The number of hydrogen-bond donors (Lipinski definition) is 1. The summed E-state index contributed by atoms with van der Waals surface area (Å²) in [5, 5.41) is 4.23. The highest BCUT2D eigenvalue weighted by molar-refractivity contribution is 7.81. The van der Waals surface area contributed by atoms with Crippen molar-refractivity contribution in [1.82, 2.24) is 5.16 Å². The van der Waals surface area contributed by atoms with Crippen molar-refractivity contribution in [3.63, 3.8) is 0 Å². The molecule has 1 rings (SSSR count). The Kier molecular flexibility index (Phi) is 2.60. The van der Waals surface area contributed by atoms with E-state index in [-0.39, 0.29) is 0 Å². The van der Waals surface area contributed by atoms with Crippen LogP contribution in [0.5, 0.6) is 0 Å². The minimum Gasteiger partial charge on any atom is -0.361 e. The van der Waals surface area contributed by atoms with Gasteiger partial charge in [0.05, 0.1) is 5.69 Å². The Labute approximate surface area is 72.4 Å². The molecular formula is C8H13NOS. The maximum Gasteiger partial charge on any atom is 0.133 e. The maximum atomic E-state index is 4.95. The van der Waals surface area contributed by atoms with Crippen molar-refractivity contribution in [2.24, 2.45) is 0 Å². The van der Waals surface area contributed by atoms with E-state index < -0.39 is 0 Å². The van der Waals surface area contributed by atoms with Crippen molar-refractivity contribution >= 4 is 12.6 Å². The summed E-state index contributed by atoms with van der Waals surface area (Å²) in [4.78, 5) is 0. The quantitative estimate of drug-likeness (QED) is 0.691. The number of aryl methyl sites for hydroxylation is 1. The molecule has 2 unspecified atom stereocenters. The second-order valence-electron chi connectivity index (χ2n) is 2.89. The van der Waals surface area contributed by atoms with Crippen molar-refractivity contribution in [2.45, 2.75) is 31.9 Å². The highest BCUT2D eigenvalue weighted by atomic mass is 32.1. The summed E-state index contributed by atoms with van der Waals surface area (Å²) in [6, 6.07) is 1.96. The summed E-state index contributed by atoms with van der Waals surface area (Å²) < 4.78 is 4.95. The molecule has 11 heavy (non-hydrogen) atoms. The van der Waals surface area contributed by atoms with Crippen LogP contribution in [-0.2, 0) is 0 Å². The van der Waals surface area contributed by atoms with Crippen molar-refractivity contribution in [2.75, 3.05) is 0 Å². The number of rotatable bonds is 2. The SMILES string of the molecule is Cc1cc(C(C)C(C)S)no1. The molecule has 0 saturated carbocycles. The summed E-state index contributed by atoms with van der Waals surface area (Å²) in [6.07, 6.45) is 0. The molecule has 0 aliphatic carbocycles. The van der Waals surface area contributed by atoms with Crippen molar-refractivity contribution in [3.05, 3.63) is 17.5 Å². The molecule has 1 aromatic heterocycles. The van der Waals surface area contributed by atoms with Gasteiger partial charge in [0.1, 0.15) is 5.76 Å². The molecule has 1 heterocycles. The van der Waals surface area contributed by atoms with Crippen LogP contribution in [0, 0.1) is 6.92 Å². The van der Waals surface area contributed by atoms with Crippen LogP contribution >= 0.6 is 12.6 Å². The van der Waals surface area contributed by atoms with E-state index in [0.29, 0.717) is 11.2 Å². The predicted molar refractivity (Wildman–Crippen MR) is 48.1 cm³/mol. The molecule has 2 nitrogen and oxygen atoms in total. The van der Waals surface area contributed by atoms with Gasteiger partial charge in [-0.3, -0.25) is 0 Å². The fourth-order valence-corrected chi connectivity index (χ4v) is 1.00. The largest absolute Gasteiger partial charge is 0.361 e. The van der Waals surface area contributed by atoms with Gasteiger partial charge in [0.25, 0.3) is 0 Å². The fourth-order valence-electron chi connectivity index (χ4n) is 0.847. The van der Waals surface area contributed by atoms with Gasteiger partial charge in [0.2, 0.25) is 0 Å². The molecule has 0 amide bonds. The second-order valence-corrected chi connectivity index (χ2v) is 3.71. The van der Waals surface area contributed by atoms with E-state index in [1.165, 1.54) is 0 Å². The van der Waals surface area contributed by atoms with Crippen LogP contribution < -0.4 is 0 Å². The third-order valence-corrected chi connectivity index (χ3v) is 2.28. The standard InChI is InChI=1S/C8H13NOS/c1-5-4-8(9-10-5)6(2)7(3)11/h4,6-7,11H,1-3H3. The van der Waals surface area contributed by atoms with E-state index in [0.717, 1.165) is 11.5 Å². The average molecular weight is 171 g/mol. The first kappa shape index (κ1) is 8.65. The van der Waals surface area contributed by atoms with Gasteiger partial charge in [-0.1, -0.05) is 19.0 Å². The molecule has 0 radical (unpaired) electrons. The number of aromatic nitrogens is 1. The number of thiol groups is 1. The Morgan fingerprint density at radius 1 is 1.55 bits per heavy atom. The van der Waals surface area contributed by atoms with Crippen LogP contribution in [0.25, 0.3) is 0 Å². The lowest BCUT2D eigenvalue weighted by molar-refractivity contribution is 0.386. The van der Waals surface area contributed by atoms with Gasteiger partial charge in [-0.25, -0.2) is 0 Å². The molecule has 0 bridgehead atoms. The molecule has 3 heteroatoms. The van der Waals surface area contributed by atoms with Gasteiger partial charge < -0.3 is 4.52 Å². The molecule has 0 N–H and O–H groups in total. The lowest BCUT2D eigenvalue weighted by atomic mass is 10.1. The zero-order valence-corrected chi connectivity index (χ0v) is 7.93. The first-order valence-electron chi connectivity index (χ1n) is 3.72. The Balaban J connectivity index is 2.76. The highest BCUT2D eigenvalue weighted by Gasteiger charge is 2.13. The van der Waals surface area contributed by atoms with Gasteiger partial charge in [-0.15, -0.1) is 0 Å². The van der Waals surface area contributed by atoms with Gasteiger partial charge in [-0.2, -0.15) is 12.6 Å². The zero-order valence-electron chi connectivity index (χ0n) is 7.03. The number of hydrogen-bond acceptors (Lipinski definition) is 3. The third-order valence-electron chi connectivity index (χ3n) is 1.84. The summed E-state index contributed by atoms with van der Waals surface area (Å²) >= 11 is 4.33. The topological polar surface area (TPSA) is 26.0 Å². The van der Waals surface area contributed by atoms with Crippen LogP contribution in [0.2, 0.25) is 0 Å². The summed E-state index contributed by atoms with van der Waals surface area (Å²) in [5.41, 5.74) is 0.991. The van der Waals surface area contributed by atoms with E-state index in [1.54, 1.807) is 0 Å². The molecule has 0 fully saturated rings. The predicted octanol–water partition coefficient (Wildman–Crippen LogP) is 2.40. The Hall–Kier alpha value is -0.440. The summed E-state index contributed by atoms with van der Waals surface area (Å²) in [5.74, 6) is 1.22. The van der Waals surface area contributed by atoms with E-state index in [4.69, 9.17) is 4.52 Å². The first-order chi connectivity index (χ1) is 5.11. The van der Waals surface area contributed by atoms with Crippen LogP contribution in [0.1, 0.15) is 31.2 Å². The molecule has 62 valence electrons. The lowest BCUT2D eigenvalue weighted by Crippen LogP contribution is -2.04.